The molecule has 0 saturated heterocycles. The third-order valence-corrected chi connectivity index (χ3v) is 3.05. The number of hydrogen-bond donors (Lipinski definition) is 0. The summed E-state index contributed by atoms with van der Waals surface area (Å²) in [5.74, 6) is 1.61. The highest BCUT2D eigenvalue weighted by Crippen LogP contribution is 2.33. The van der Waals surface area contributed by atoms with E-state index in [1.54, 1.807) is 14.2 Å². The number of hydrogen-bond acceptors (Lipinski definition) is 2. The highest BCUT2D eigenvalue weighted by atomic mass is 16.5. The second kappa shape index (κ2) is 5.06. The molecule has 0 spiro atoms. The summed E-state index contributed by atoms with van der Waals surface area (Å²) >= 11 is 0. The molecule has 0 unspecified atom stereocenters. The molecule has 1 aromatic carbocycles. The fourth-order valence-electron chi connectivity index (χ4n) is 2.14. The smallest absolute Gasteiger partial charge is 0.161 e. The Balaban J connectivity index is 2.31. The number of benzene rings is 1. The van der Waals surface area contributed by atoms with Crippen LogP contribution in [0.5, 0.6) is 11.5 Å². The summed E-state index contributed by atoms with van der Waals surface area (Å²) in [4.78, 5) is 0. The summed E-state index contributed by atoms with van der Waals surface area (Å²) in [6.07, 6.45) is 7.32. The van der Waals surface area contributed by atoms with E-state index in [9.17, 15) is 0 Å². The molecule has 2 rings (SSSR count). The zero-order valence-electron chi connectivity index (χ0n) is 9.95. The highest BCUT2D eigenvalue weighted by Gasteiger charge is 2.09. The summed E-state index contributed by atoms with van der Waals surface area (Å²) < 4.78 is 10.5. The Bertz CT molecular complexity index is 394. The van der Waals surface area contributed by atoms with Gasteiger partial charge in [-0.3, -0.25) is 0 Å². The van der Waals surface area contributed by atoms with Crippen LogP contribution in [0, 0.1) is 0 Å². The Labute approximate surface area is 96.9 Å². The fraction of sp³-hybridized carbons (Fsp3) is 0.429. The van der Waals surface area contributed by atoms with Gasteiger partial charge < -0.3 is 9.47 Å². The van der Waals surface area contributed by atoms with Crippen LogP contribution in [0.1, 0.15) is 31.2 Å². The second-order valence-corrected chi connectivity index (χ2v) is 4.04. The number of ether oxygens (including phenoxy) is 2. The molecule has 2 nitrogen and oxygen atoms in total. The normalized spacial score (nSPS) is 15.5. The Hall–Kier alpha value is -1.44. The van der Waals surface area contributed by atoms with Gasteiger partial charge in [-0.1, -0.05) is 12.1 Å². The first kappa shape index (κ1) is 11.1. The zero-order chi connectivity index (χ0) is 11.4. The van der Waals surface area contributed by atoms with E-state index in [4.69, 9.17) is 9.47 Å². The lowest BCUT2D eigenvalue weighted by Gasteiger charge is -2.15. The highest BCUT2D eigenvalue weighted by molar-refractivity contribution is 5.68. The molecule has 0 bridgehead atoms. The van der Waals surface area contributed by atoms with Crippen molar-refractivity contribution in [2.45, 2.75) is 25.7 Å². The van der Waals surface area contributed by atoms with Gasteiger partial charge >= 0.3 is 0 Å². The SMILES string of the molecule is COc1ccc(C2=CCCCC2)cc1OC. The summed E-state index contributed by atoms with van der Waals surface area (Å²) in [7, 11) is 3.34. The van der Waals surface area contributed by atoms with Crippen LogP contribution in [0.4, 0.5) is 0 Å². The molecule has 0 saturated carbocycles. The molecular weight excluding hydrogens is 200 g/mol. The molecule has 1 aliphatic carbocycles. The maximum atomic E-state index is 5.32. The molecule has 16 heavy (non-hydrogen) atoms. The third-order valence-electron chi connectivity index (χ3n) is 3.05. The van der Waals surface area contributed by atoms with Crippen LogP contribution in [-0.4, -0.2) is 14.2 Å². The fourth-order valence-corrected chi connectivity index (χ4v) is 2.14. The van der Waals surface area contributed by atoms with E-state index in [1.807, 2.05) is 6.07 Å². The molecule has 86 valence electrons. The monoisotopic (exact) mass is 218 g/mol. The molecule has 2 heteroatoms. The quantitative estimate of drug-likeness (QED) is 0.770. The number of rotatable bonds is 3. The predicted molar refractivity (Wildman–Crippen MR) is 66.0 cm³/mol. The standard InChI is InChI=1S/C14H18O2/c1-15-13-9-8-12(10-14(13)16-2)11-6-4-3-5-7-11/h6,8-10H,3-5,7H2,1-2H3. The average Bonchev–Trinajstić information content (AvgIpc) is 2.39. The van der Waals surface area contributed by atoms with Crippen LogP contribution in [0.2, 0.25) is 0 Å². The Kier molecular flexibility index (Phi) is 3.50. The van der Waals surface area contributed by atoms with Crippen LogP contribution in [0.25, 0.3) is 5.57 Å². The maximum Gasteiger partial charge on any atom is 0.161 e. The molecule has 0 fully saturated rings. The number of methoxy groups -OCH3 is 2. The first-order valence-electron chi connectivity index (χ1n) is 5.76. The van der Waals surface area contributed by atoms with Gasteiger partial charge in [0.05, 0.1) is 14.2 Å². The molecule has 0 N–H and O–H groups in total. The molecule has 0 aromatic heterocycles. The third kappa shape index (κ3) is 2.21. The molecular formula is C14H18O2. The van der Waals surface area contributed by atoms with E-state index in [2.05, 4.69) is 18.2 Å². The van der Waals surface area contributed by atoms with E-state index < -0.39 is 0 Å². The first-order valence-corrected chi connectivity index (χ1v) is 5.76. The minimum Gasteiger partial charge on any atom is -0.493 e. The van der Waals surface area contributed by atoms with Crippen molar-refractivity contribution in [3.05, 3.63) is 29.8 Å². The molecule has 0 atom stereocenters. The van der Waals surface area contributed by atoms with Crippen molar-refractivity contribution < 1.29 is 9.47 Å². The van der Waals surface area contributed by atoms with Crippen molar-refractivity contribution in [1.82, 2.24) is 0 Å². The summed E-state index contributed by atoms with van der Waals surface area (Å²) in [6.45, 7) is 0. The van der Waals surface area contributed by atoms with Crippen LogP contribution in [0.3, 0.4) is 0 Å². The Morgan fingerprint density at radius 3 is 2.44 bits per heavy atom. The minimum absolute atomic E-state index is 0.794. The molecule has 1 aliphatic rings. The lowest BCUT2D eigenvalue weighted by molar-refractivity contribution is 0.355. The Morgan fingerprint density at radius 1 is 1.00 bits per heavy atom. The second-order valence-electron chi connectivity index (χ2n) is 4.04. The molecule has 1 aromatic rings. The van der Waals surface area contributed by atoms with E-state index >= 15 is 0 Å². The van der Waals surface area contributed by atoms with Gasteiger partial charge in [-0.05, 0) is 49.0 Å². The molecule has 0 heterocycles. The molecule has 0 aliphatic heterocycles. The van der Waals surface area contributed by atoms with Crippen LogP contribution in [0.15, 0.2) is 24.3 Å². The summed E-state index contributed by atoms with van der Waals surface area (Å²) in [5, 5.41) is 0. The minimum atomic E-state index is 0.794. The topological polar surface area (TPSA) is 18.5 Å². The maximum absolute atomic E-state index is 5.32. The van der Waals surface area contributed by atoms with Crippen LogP contribution < -0.4 is 9.47 Å². The van der Waals surface area contributed by atoms with Gasteiger partial charge in [0.2, 0.25) is 0 Å². The van der Waals surface area contributed by atoms with Crippen molar-refractivity contribution in [3.8, 4) is 11.5 Å². The lowest BCUT2D eigenvalue weighted by atomic mass is 9.93. The van der Waals surface area contributed by atoms with Gasteiger partial charge in [0, 0.05) is 0 Å². The average molecular weight is 218 g/mol. The van der Waals surface area contributed by atoms with Crippen molar-refractivity contribution in [1.29, 1.82) is 0 Å². The molecule has 0 radical (unpaired) electrons. The summed E-state index contributed by atoms with van der Waals surface area (Å²) in [5.41, 5.74) is 2.70. The van der Waals surface area contributed by atoms with Crippen molar-refractivity contribution in [3.63, 3.8) is 0 Å². The first-order chi connectivity index (χ1) is 7.85. The Morgan fingerprint density at radius 2 is 1.81 bits per heavy atom. The van der Waals surface area contributed by atoms with Crippen molar-refractivity contribution in [2.75, 3.05) is 14.2 Å². The molecule has 0 amide bonds. The van der Waals surface area contributed by atoms with E-state index in [1.165, 1.54) is 36.8 Å². The number of allylic oxidation sites excluding steroid dienone is 2. The van der Waals surface area contributed by atoms with E-state index in [0.717, 1.165) is 11.5 Å². The van der Waals surface area contributed by atoms with Gasteiger partial charge in [-0.25, -0.2) is 0 Å². The zero-order valence-corrected chi connectivity index (χ0v) is 9.95. The van der Waals surface area contributed by atoms with Crippen molar-refractivity contribution >= 4 is 5.57 Å². The van der Waals surface area contributed by atoms with Gasteiger partial charge in [-0.15, -0.1) is 0 Å². The van der Waals surface area contributed by atoms with Crippen molar-refractivity contribution in [2.24, 2.45) is 0 Å². The largest absolute Gasteiger partial charge is 0.493 e. The lowest BCUT2D eigenvalue weighted by Crippen LogP contribution is -1.95. The van der Waals surface area contributed by atoms with Gasteiger partial charge in [0.25, 0.3) is 0 Å². The van der Waals surface area contributed by atoms with Gasteiger partial charge in [0.15, 0.2) is 11.5 Å². The van der Waals surface area contributed by atoms with Gasteiger partial charge in [-0.2, -0.15) is 0 Å². The predicted octanol–water partition coefficient (Wildman–Crippen LogP) is 3.66. The van der Waals surface area contributed by atoms with E-state index in [-0.39, 0.29) is 0 Å². The van der Waals surface area contributed by atoms with Crippen LogP contribution >= 0.6 is 0 Å². The summed E-state index contributed by atoms with van der Waals surface area (Å²) in [6, 6.07) is 6.15. The van der Waals surface area contributed by atoms with E-state index in [0.29, 0.717) is 0 Å². The van der Waals surface area contributed by atoms with Crippen LogP contribution in [-0.2, 0) is 0 Å². The van der Waals surface area contributed by atoms with Gasteiger partial charge in [0.1, 0.15) is 0 Å².